The zero-order valence-corrected chi connectivity index (χ0v) is 9.28. The number of nitrogens with zero attached hydrogens (tertiary/aromatic N) is 2. The van der Waals surface area contributed by atoms with Crippen LogP contribution in [0.2, 0.25) is 0 Å². The molecule has 2 heterocycles. The van der Waals surface area contributed by atoms with E-state index in [2.05, 4.69) is 22.3 Å². The fraction of sp³-hybridized carbons (Fsp3) is 0.727. The van der Waals surface area contributed by atoms with Crippen LogP contribution in [0.15, 0.2) is 16.8 Å². The number of rotatable bonds is 5. The Morgan fingerprint density at radius 2 is 2.60 bits per heavy atom. The first kappa shape index (κ1) is 10.6. The summed E-state index contributed by atoms with van der Waals surface area (Å²) in [4.78, 5) is 2.49. The molecule has 2 rings (SSSR count). The largest absolute Gasteiger partial charge is 0.360 e. The molecule has 1 N–H and O–H groups in total. The van der Waals surface area contributed by atoms with Gasteiger partial charge in [-0.25, -0.2) is 0 Å². The summed E-state index contributed by atoms with van der Waals surface area (Å²) in [6.07, 6.45) is 4.14. The molecular formula is C11H19N3O. The maximum atomic E-state index is 5.16. The van der Waals surface area contributed by atoms with Gasteiger partial charge in [-0.3, -0.25) is 4.90 Å². The van der Waals surface area contributed by atoms with E-state index in [-0.39, 0.29) is 0 Å². The molecule has 0 saturated carbocycles. The average molecular weight is 209 g/mol. The Hall–Kier alpha value is -0.870. The lowest BCUT2D eigenvalue weighted by molar-refractivity contribution is 0.178. The van der Waals surface area contributed by atoms with E-state index in [9.17, 15) is 0 Å². The summed E-state index contributed by atoms with van der Waals surface area (Å²) in [6.45, 7) is 6.48. The van der Waals surface area contributed by atoms with Crippen LogP contribution in [0, 0.1) is 0 Å². The van der Waals surface area contributed by atoms with Crippen LogP contribution in [-0.2, 0) is 6.54 Å². The van der Waals surface area contributed by atoms with Crippen LogP contribution in [0.3, 0.4) is 0 Å². The second kappa shape index (κ2) is 5.28. The van der Waals surface area contributed by atoms with Crippen molar-refractivity contribution in [2.24, 2.45) is 0 Å². The lowest BCUT2D eigenvalue weighted by Crippen LogP contribution is -2.36. The molecule has 0 spiro atoms. The van der Waals surface area contributed by atoms with Crippen LogP contribution in [0.1, 0.15) is 25.5 Å². The Morgan fingerprint density at radius 3 is 3.20 bits per heavy atom. The molecular weight excluding hydrogens is 190 g/mol. The second-order valence-corrected chi connectivity index (χ2v) is 4.10. The molecule has 4 heteroatoms. The summed E-state index contributed by atoms with van der Waals surface area (Å²) in [6, 6.07) is 2.61. The Bertz CT molecular complexity index is 267. The van der Waals surface area contributed by atoms with Crippen LogP contribution >= 0.6 is 0 Å². The average Bonchev–Trinajstić information content (AvgIpc) is 2.89. The van der Waals surface area contributed by atoms with Gasteiger partial charge in [-0.2, -0.15) is 0 Å². The summed E-state index contributed by atoms with van der Waals surface area (Å²) in [5, 5.41) is 7.15. The van der Waals surface area contributed by atoms with Crippen molar-refractivity contribution >= 4 is 0 Å². The first-order valence-corrected chi connectivity index (χ1v) is 5.74. The maximum Gasteiger partial charge on any atom is 0.150 e. The Labute approximate surface area is 90.6 Å². The van der Waals surface area contributed by atoms with Gasteiger partial charge in [0.25, 0.3) is 0 Å². The molecule has 0 amide bonds. The fourth-order valence-electron chi connectivity index (χ4n) is 2.15. The van der Waals surface area contributed by atoms with Crippen LogP contribution in [0.4, 0.5) is 0 Å². The van der Waals surface area contributed by atoms with Gasteiger partial charge in [-0.1, -0.05) is 12.1 Å². The minimum absolute atomic E-state index is 0.662. The molecule has 1 aromatic heterocycles. The molecule has 1 unspecified atom stereocenters. The van der Waals surface area contributed by atoms with E-state index in [1.807, 2.05) is 6.07 Å². The van der Waals surface area contributed by atoms with Gasteiger partial charge in [-0.05, 0) is 25.9 Å². The van der Waals surface area contributed by atoms with Crippen LogP contribution < -0.4 is 5.32 Å². The first-order valence-electron chi connectivity index (χ1n) is 5.74. The van der Waals surface area contributed by atoms with Crippen LogP contribution in [-0.4, -0.2) is 35.7 Å². The molecule has 4 nitrogen and oxygen atoms in total. The summed E-state index contributed by atoms with van der Waals surface area (Å²) in [5.41, 5.74) is 0. The van der Waals surface area contributed by atoms with Crippen molar-refractivity contribution in [3.05, 3.63) is 18.0 Å². The SMILES string of the molecule is CCCN(Cc1ccno1)C1CCNC1. The zero-order chi connectivity index (χ0) is 10.5. The molecule has 0 bridgehead atoms. The highest BCUT2D eigenvalue weighted by atomic mass is 16.5. The van der Waals surface area contributed by atoms with Gasteiger partial charge in [0, 0.05) is 18.7 Å². The van der Waals surface area contributed by atoms with E-state index >= 15 is 0 Å². The monoisotopic (exact) mass is 209 g/mol. The number of nitrogens with one attached hydrogen (secondary N) is 1. The van der Waals surface area contributed by atoms with Crippen LogP contribution in [0.25, 0.3) is 0 Å². The molecule has 1 aliphatic heterocycles. The number of aromatic nitrogens is 1. The minimum atomic E-state index is 0.662. The molecule has 0 aliphatic carbocycles. The number of hydrogen-bond acceptors (Lipinski definition) is 4. The fourth-order valence-corrected chi connectivity index (χ4v) is 2.15. The predicted octanol–water partition coefficient (Wildman–Crippen LogP) is 1.25. The van der Waals surface area contributed by atoms with E-state index in [1.54, 1.807) is 6.20 Å². The molecule has 1 aromatic rings. The smallest absolute Gasteiger partial charge is 0.150 e. The van der Waals surface area contributed by atoms with E-state index < -0.39 is 0 Å². The third-order valence-electron chi connectivity index (χ3n) is 2.91. The Kier molecular flexibility index (Phi) is 3.75. The highest BCUT2D eigenvalue weighted by molar-refractivity contribution is 4.94. The highest BCUT2D eigenvalue weighted by Crippen LogP contribution is 2.13. The molecule has 15 heavy (non-hydrogen) atoms. The molecule has 0 radical (unpaired) electrons. The van der Waals surface area contributed by atoms with Gasteiger partial charge in [0.15, 0.2) is 5.76 Å². The Morgan fingerprint density at radius 1 is 1.67 bits per heavy atom. The third kappa shape index (κ3) is 2.79. The van der Waals surface area contributed by atoms with E-state index in [1.165, 1.54) is 12.8 Å². The van der Waals surface area contributed by atoms with Gasteiger partial charge in [-0.15, -0.1) is 0 Å². The predicted molar refractivity (Wildman–Crippen MR) is 58.5 cm³/mol. The molecule has 1 atom stereocenters. The van der Waals surface area contributed by atoms with Crippen molar-refractivity contribution in [1.82, 2.24) is 15.4 Å². The first-order chi connectivity index (χ1) is 7.40. The highest BCUT2D eigenvalue weighted by Gasteiger charge is 2.22. The number of hydrogen-bond donors (Lipinski definition) is 1. The molecule has 0 aromatic carbocycles. The standard InChI is InChI=1S/C11H19N3O/c1-2-7-14(10-3-5-12-8-10)9-11-4-6-13-15-11/h4,6,10,12H,2-3,5,7-9H2,1H3. The van der Waals surface area contributed by atoms with Crippen LogP contribution in [0.5, 0.6) is 0 Å². The minimum Gasteiger partial charge on any atom is -0.360 e. The van der Waals surface area contributed by atoms with Crippen molar-refractivity contribution < 1.29 is 4.52 Å². The second-order valence-electron chi connectivity index (χ2n) is 4.10. The van der Waals surface area contributed by atoms with Crippen molar-refractivity contribution in [3.63, 3.8) is 0 Å². The topological polar surface area (TPSA) is 41.3 Å². The molecule has 1 aliphatic rings. The van der Waals surface area contributed by atoms with Gasteiger partial charge >= 0.3 is 0 Å². The molecule has 84 valence electrons. The van der Waals surface area contributed by atoms with Gasteiger partial charge < -0.3 is 9.84 Å². The van der Waals surface area contributed by atoms with Gasteiger partial charge in [0.05, 0.1) is 12.7 Å². The third-order valence-corrected chi connectivity index (χ3v) is 2.91. The van der Waals surface area contributed by atoms with Crippen molar-refractivity contribution in [2.75, 3.05) is 19.6 Å². The zero-order valence-electron chi connectivity index (χ0n) is 9.28. The van der Waals surface area contributed by atoms with Crippen molar-refractivity contribution in [2.45, 2.75) is 32.4 Å². The molecule has 1 saturated heterocycles. The van der Waals surface area contributed by atoms with Gasteiger partial charge in [0.2, 0.25) is 0 Å². The summed E-state index contributed by atoms with van der Waals surface area (Å²) in [5.74, 6) is 0.968. The van der Waals surface area contributed by atoms with Gasteiger partial charge in [0.1, 0.15) is 0 Å². The summed E-state index contributed by atoms with van der Waals surface area (Å²) in [7, 11) is 0. The summed E-state index contributed by atoms with van der Waals surface area (Å²) >= 11 is 0. The Balaban J connectivity index is 1.93. The molecule has 1 fully saturated rings. The van der Waals surface area contributed by atoms with E-state index in [4.69, 9.17) is 4.52 Å². The van der Waals surface area contributed by atoms with E-state index in [0.29, 0.717) is 6.04 Å². The maximum absolute atomic E-state index is 5.16. The van der Waals surface area contributed by atoms with Crippen molar-refractivity contribution in [3.8, 4) is 0 Å². The normalized spacial score (nSPS) is 21.3. The lowest BCUT2D eigenvalue weighted by atomic mass is 10.2. The lowest BCUT2D eigenvalue weighted by Gasteiger charge is -2.26. The summed E-state index contributed by atoms with van der Waals surface area (Å²) < 4.78 is 5.16. The van der Waals surface area contributed by atoms with E-state index in [0.717, 1.165) is 31.9 Å². The quantitative estimate of drug-likeness (QED) is 0.792. The van der Waals surface area contributed by atoms with Crippen molar-refractivity contribution in [1.29, 1.82) is 0 Å².